The fourth-order valence-electron chi connectivity index (χ4n) is 3.43. The van der Waals surface area contributed by atoms with E-state index in [9.17, 15) is 4.79 Å². The molecule has 0 saturated carbocycles. The van der Waals surface area contributed by atoms with Crippen LogP contribution in [-0.2, 0) is 9.47 Å². The van der Waals surface area contributed by atoms with E-state index in [2.05, 4.69) is 21.7 Å². The average molecular weight is 319 g/mol. The van der Waals surface area contributed by atoms with Gasteiger partial charge in [0, 0.05) is 38.4 Å². The Morgan fingerprint density at radius 3 is 2.78 bits per heavy atom. The van der Waals surface area contributed by atoms with Gasteiger partial charge in [-0.25, -0.2) is 9.78 Å². The fourth-order valence-corrected chi connectivity index (χ4v) is 3.43. The molecule has 23 heavy (non-hydrogen) atoms. The minimum atomic E-state index is -0.312. The van der Waals surface area contributed by atoms with Crippen LogP contribution < -0.4 is 4.90 Å². The Bertz CT molecular complexity index is 528. The third kappa shape index (κ3) is 3.64. The molecule has 0 unspecified atom stereocenters. The third-order valence-corrected chi connectivity index (χ3v) is 4.67. The van der Waals surface area contributed by atoms with Crippen LogP contribution >= 0.6 is 0 Å². The molecule has 0 amide bonds. The summed E-state index contributed by atoms with van der Waals surface area (Å²) in [5.41, 5.74) is 0.507. The van der Waals surface area contributed by atoms with Crippen molar-refractivity contribution in [3.05, 3.63) is 23.9 Å². The molecule has 1 aromatic heterocycles. The summed E-state index contributed by atoms with van der Waals surface area (Å²) in [7, 11) is 0. The van der Waals surface area contributed by atoms with E-state index < -0.39 is 0 Å². The SMILES string of the molecule is CCOC(=O)c1ccc(N2C[C@@H](C)[C@@H](N3CCOCC3)C2)nc1. The number of ether oxygens (including phenoxy) is 2. The van der Waals surface area contributed by atoms with Gasteiger partial charge in [0.05, 0.1) is 25.4 Å². The standard InChI is InChI=1S/C17H25N3O3/c1-3-23-17(21)14-4-5-16(18-10-14)20-11-13(2)15(12-20)19-6-8-22-9-7-19/h4-5,10,13,15H,3,6-9,11-12H2,1-2H3/t13-,15+/m1/s1. The van der Waals surface area contributed by atoms with Crippen LogP contribution in [0.1, 0.15) is 24.2 Å². The zero-order chi connectivity index (χ0) is 16.2. The van der Waals surface area contributed by atoms with Crippen molar-refractivity contribution in [1.82, 2.24) is 9.88 Å². The number of hydrogen-bond acceptors (Lipinski definition) is 6. The second-order valence-corrected chi connectivity index (χ2v) is 6.22. The first kappa shape index (κ1) is 16.2. The van der Waals surface area contributed by atoms with Gasteiger partial charge in [-0.1, -0.05) is 6.92 Å². The van der Waals surface area contributed by atoms with Crippen molar-refractivity contribution < 1.29 is 14.3 Å². The molecule has 0 aromatic carbocycles. The smallest absolute Gasteiger partial charge is 0.339 e. The highest BCUT2D eigenvalue weighted by atomic mass is 16.5. The molecule has 2 saturated heterocycles. The molecule has 3 heterocycles. The van der Waals surface area contributed by atoms with Crippen molar-refractivity contribution in [3.8, 4) is 0 Å². The molecule has 126 valence electrons. The van der Waals surface area contributed by atoms with E-state index in [1.807, 2.05) is 6.07 Å². The fraction of sp³-hybridized carbons (Fsp3) is 0.647. The Morgan fingerprint density at radius 2 is 2.13 bits per heavy atom. The second kappa shape index (κ2) is 7.27. The molecule has 0 spiro atoms. The van der Waals surface area contributed by atoms with Gasteiger partial charge < -0.3 is 14.4 Å². The monoisotopic (exact) mass is 319 g/mol. The minimum absolute atomic E-state index is 0.312. The van der Waals surface area contributed by atoms with Crippen LogP contribution in [0.4, 0.5) is 5.82 Å². The molecule has 6 heteroatoms. The number of esters is 1. The Labute approximate surface area is 137 Å². The molecule has 2 aliphatic rings. The lowest BCUT2D eigenvalue weighted by atomic mass is 10.0. The first-order valence-corrected chi connectivity index (χ1v) is 8.39. The molecule has 0 aliphatic carbocycles. The van der Waals surface area contributed by atoms with E-state index in [0.29, 0.717) is 24.1 Å². The molecule has 2 fully saturated rings. The summed E-state index contributed by atoms with van der Waals surface area (Å²) < 4.78 is 10.4. The van der Waals surface area contributed by atoms with E-state index in [1.54, 1.807) is 19.2 Å². The Balaban J connectivity index is 1.64. The van der Waals surface area contributed by atoms with Gasteiger partial charge in [0.2, 0.25) is 0 Å². The minimum Gasteiger partial charge on any atom is -0.462 e. The molecule has 0 N–H and O–H groups in total. The number of rotatable bonds is 4. The molecule has 0 bridgehead atoms. The van der Waals surface area contributed by atoms with Gasteiger partial charge in [0.15, 0.2) is 0 Å². The van der Waals surface area contributed by atoms with Crippen molar-refractivity contribution in [2.75, 3.05) is 50.9 Å². The summed E-state index contributed by atoms with van der Waals surface area (Å²) in [5, 5.41) is 0. The number of anilines is 1. The number of pyridine rings is 1. The summed E-state index contributed by atoms with van der Waals surface area (Å²) in [6.45, 7) is 10.1. The van der Waals surface area contributed by atoms with Gasteiger partial charge in [-0.3, -0.25) is 4.90 Å². The normalized spacial score (nSPS) is 25.6. The van der Waals surface area contributed by atoms with Crippen LogP contribution in [-0.4, -0.2) is 67.9 Å². The van der Waals surface area contributed by atoms with Gasteiger partial charge in [-0.05, 0) is 25.0 Å². The van der Waals surface area contributed by atoms with Gasteiger partial charge in [-0.2, -0.15) is 0 Å². The highest BCUT2D eigenvalue weighted by Crippen LogP contribution is 2.26. The molecular weight excluding hydrogens is 294 g/mol. The predicted octanol–water partition coefficient (Wildman–Crippen LogP) is 1.42. The van der Waals surface area contributed by atoms with Crippen LogP contribution in [0.3, 0.4) is 0 Å². The summed E-state index contributed by atoms with van der Waals surface area (Å²) in [6.07, 6.45) is 1.61. The van der Waals surface area contributed by atoms with Crippen LogP contribution in [0.5, 0.6) is 0 Å². The van der Waals surface area contributed by atoms with Gasteiger partial charge in [0.1, 0.15) is 5.82 Å². The molecule has 2 atom stereocenters. The van der Waals surface area contributed by atoms with Crippen molar-refractivity contribution in [3.63, 3.8) is 0 Å². The lowest BCUT2D eigenvalue weighted by Gasteiger charge is -2.34. The summed E-state index contributed by atoms with van der Waals surface area (Å²) in [5.74, 6) is 1.22. The average Bonchev–Trinajstić information content (AvgIpc) is 2.98. The van der Waals surface area contributed by atoms with Gasteiger partial charge >= 0.3 is 5.97 Å². The number of carbonyl (C=O) groups is 1. The highest BCUT2D eigenvalue weighted by molar-refractivity contribution is 5.89. The molecule has 0 radical (unpaired) electrons. The highest BCUT2D eigenvalue weighted by Gasteiger charge is 2.35. The van der Waals surface area contributed by atoms with Crippen LogP contribution in [0, 0.1) is 5.92 Å². The maximum Gasteiger partial charge on any atom is 0.339 e. The largest absolute Gasteiger partial charge is 0.462 e. The second-order valence-electron chi connectivity index (χ2n) is 6.22. The van der Waals surface area contributed by atoms with E-state index in [-0.39, 0.29) is 5.97 Å². The van der Waals surface area contributed by atoms with Gasteiger partial charge in [0.25, 0.3) is 0 Å². The number of carbonyl (C=O) groups excluding carboxylic acids is 1. The maximum absolute atomic E-state index is 11.7. The van der Waals surface area contributed by atoms with E-state index >= 15 is 0 Å². The van der Waals surface area contributed by atoms with Crippen molar-refractivity contribution >= 4 is 11.8 Å². The lowest BCUT2D eigenvalue weighted by molar-refractivity contribution is 0.0134. The number of aromatic nitrogens is 1. The predicted molar refractivity (Wildman–Crippen MR) is 87.8 cm³/mol. The molecular formula is C17H25N3O3. The number of hydrogen-bond donors (Lipinski definition) is 0. The van der Waals surface area contributed by atoms with Gasteiger partial charge in [-0.15, -0.1) is 0 Å². The molecule has 3 rings (SSSR count). The molecule has 1 aromatic rings. The topological polar surface area (TPSA) is 54.9 Å². The lowest BCUT2D eigenvalue weighted by Crippen LogP contribution is -2.46. The summed E-state index contributed by atoms with van der Waals surface area (Å²) in [6, 6.07) is 4.26. The third-order valence-electron chi connectivity index (χ3n) is 4.67. The Hall–Kier alpha value is -1.66. The van der Waals surface area contributed by atoms with Crippen LogP contribution in [0.2, 0.25) is 0 Å². The zero-order valence-corrected chi connectivity index (χ0v) is 13.9. The van der Waals surface area contributed by atoms with Crippen molar-refractivity contribution in [2.45, 2.75) is 19.9 Å². The first-order chi connectivity index (χ1) is 11.2. The van der Waals surface area contributed by atoms with Crippen molar-refractivity contribution in [2.24, 2.45) is 5.92 Å². The van der Waals surface area contributed by atoms with E-state index in [1.165, 1.54) is 0 Å². The summed E-state index contributed by atoms with van der Waals surface area (Å²) >= 11 is 0. The Morgan fingerprint density at radius 1 is 1.35 bits per heavy atom. The van der Waals surface area contributed by atoms with Crippen molar-refractivity contribution in [1.29, 1.82) is 0 Å². The Kier molecular flexibility index (Phi) is 5.13. The maximum atomic E-state index is 11.7. The zero-order valence-electron chi connectivity index (χ0n) is 13.9. The quantitative estimate of drug-likeness (QED) is 0.782. The van der Waals surface area contributed by atoms with Crippen LogP contribution in [0.15, 0.2) is 18.3 Å². The first-order valence-electron chi connectivity index (χ1n) is 8.39. The number of morpholine rings is 1. The number of nitrogens with zero attached hydrogens (tertiary/aromatic N) is 3. The van der Waals surface area contributed by atoms with E-state index in [0.717, 1.165) is 45.2 Å². The molecule has 2 aliphatic heterocycles. The summed E-state index contributed by atoms with van der Waals surface area (Å²) in [4.78, 5) is 21.0. The van der Waals surface area contributed by atoms with E-state index in [4.69, 9.17) is 9.47 Å². The molecule has 6 nitrogen and oxygen atoms in total. The van der Waals surface area contributed by atoms with Crippen LogP contribution in [0.25, 0.3) is 0 Å².